The van der Waals surface area contributed by atoms with E-state index in [1.807, 2.05) is 0 Å². The number of rotatable bonds is 3. The monoisotopic (exact) mass is 302 g/mol. The fraction of sp³-hybridized carbons (Fsp3) is 0.0769. The molecule has 0 spiro atoms. The van der Waals surface area contributed by atoms with Crippen LogP contribution in [0.5, 0.6) is 0 Å². The van der Waals surface area contributed by atoms with Gasteiger partial charge in [-0.25, -0.2) is 14.8 Å². The van der Waals surface area contributed by atoms with Crippen molar-refractivity contribution >= 4 is 23.4 Å². The van der Waals surface area contributed by atoms with Crippen LogP contribution in [0.4, 0.5) is 0 Å². The fourth-order valence-corrected chi connectivity index (χ4v) is 2.88. The Morgan fingerprint density at radius 3 is 2.90 bits per heavy atom. The van der Waals surface area contributed by atoms with Crippen LogP contribution in [0.1, 0.15) is 16.2 Å². The van der Waals surface area contributed by atoms with Gasteiger partial charge in [0.25, 0.3) is 5.56 Å². The summed E-state index contributed by atoms with van der Waals surface area (Å²) in [5, 5.41) is 9.96. The molecular weight excluding hydrogens is 292 g/mol. The molecule has 0 radical (unpaired) electrons. The number of H-pyrrole nitrogens is 1. The molecule has 2 N–H and O–H groups in total. The summed E-state index contributed by atoms with van der Waals surface area (Å²) in [4.78, 5) is 33.9. The third kappa shape index (κ3) is 2.52. The molecule has 106 valence electrons. The van der Waals surface area contributed by atoms with E-state index in [2.05, 4.69) is 15.0 Å². The van der Waals surface area contributed by atoms with E-state index in [1.54, 1.807) is 31.3 Å². The first-order valence-electron chi connectivity index (χ1n) is 6.01. The maximum atomic E-state index is 11.5. The highest BCUT2D eigenvalue weighted by Crippen LogP contribution is 2.27. The standard InChI is InChI=1S/C13H10N4O3S/c1-7-6-9(18)16-13(14-7)21-11-10(12(19)20)17-5-3-2-4-8(17)15-11/h2-6H,1H3,(H,19,20)(H,14,16,18). The van der Waals surface area contributed by atoms with Crippen LogP contribution in [-0.2, 0) is 0 Å². The highest BCUT2D eigenvalue weighted by atomic mass is 32.2. The number of fused-ring (bicyclic) bond motifs is 1. The Hall–Kier alpha value is -2.61. The van der Waals surface area contributed by atoms with Crippen molar-refractivity contribution < 1.29 is 9.90 Å². The summed E-state index contributed by atoms with van der Waals surface area (Å²) in [5.41, 5.74) is 0.833. The van der Waals surface area contributed by atoms with Crippen molar-refractivity contribution in [2.75, 3.05) is 0 Å². The molecule has 0 saturated heterocycles. The number of pyridine rings is 1. The lowest BCUT2D eigenvalue weighted by Crippen LogP contribution is -2.08. The summed E-state index contributed by atoms with van der Waals surface area (Å²) in [6.07, 6.45) is 1.63. The number of hydrogen-bond acceptors (Lipinski definition) is 5. The molecule has 0 amide bonds. The smallest absolute Gasteiger partial charge is 0.355 e. The Balaban J connectivity index is 2.13. The van der Waals surface area contributed by atoms with E-state index >= 15 is 0 Å². The molecule has 3 aromatic rings. The topological polar surface area (TPSA) is 100 Å². The van der Waals surface area contributed by atoms with Gasteiger partial charge >= 0.3 is 5.97 Å². The van der Waals surface area contributed by atoms with Crippen LogP contribution < -0.4 is 5.56 Å². The lowest BCUT2D eigenvalue weighted by Gasteiger charge is -2.00. The molecule has 3 rings (SSSR count). The average Bonchev–Trinajstić information content (AvgIpc) is 2.75. The second-order valence-corrected chi connectivity index (χ2v) is 5.27. The maximum absolute atomic E-state index is 11.5. The number of nitrogens with one attached hydrogen (secondary N) is 1. The molecule has 0 unspecified atom stereocenters. The molecule has 3 heterocycles. The van der Waals surface area contributed by atoms with Crippen molar-refractivity contribution in [1.29, 1.82) is 0 Å². The van der Waals surface area contributed by atoms with Gasteiger partial charge in [0.1, 0.15) is 10.7 Å². The van der Waals surface area contributed by atoms with Gasteiger partial charge in [-0.15, -0.1) is 0 Å². The van der Waals surface area contributed by atoms with E-state index in [1.165, 1.54) is 10.5 Å². The number of aromatic carboxylic acids is 1. The second-order valence-electron chi connectivity index (χ2n) is 4.29. The van der Waals surface area contributed by atoms with Crippen LogP contribution in [-0.4, -0.2) is 30.4 Å². The number of carboxylic acid groups (broad SMARTS) is 1. The van der Waals surface area contributed by atoms with E-state index in [0.717, 1.165) is 11.8 Å². The molecule has 3 aromatic heterocycles. The first-order chi connectivity index (χ1) is 10.0. The van der Waals surface area contributed by atoms with Gasteiger partial charge in [-0.05, 0) is 30.8 Å². The third-order valence-electron chi connectivity index (χ3n) is 2.74. The molecule has 7 nitrogen and oxygen atoms in total. The van der Waals surface area contributed by atoms with Gasteiger partial charge in [-0.1, -0.05) is 6.07 Å². The Morgan fingerprint density at radius 2 is 2.19 bits per heavy atom. The van der Waals surface area contributed by atoms with Gasteiger partial charge in [0, 0.05) is 18.0 Å². The minimum atomic E-state index is -1.09. The Kier molecular flexibility index (Phi) is 3.22. The predicted octanol–water partition coefficient (Wildman–Crippen LogP) is 1.58. The van der Waals surface area contributed by atoms with Crippen LogP contribution in [0.2, 0.25) is 0 Å². The van der Waals surface area contributed by atoms with Crippen molar-refractivity contribution in [3.05, 3.63) is 52.2 Å². The summed E-state index contributed by atoms with van der Waals surface area (Å²) < 4.78 is 1.48. The zero-order chi connectivity index (χ0) is 15.0. The highest BCUT2D eigenvalue weighted by Gasteiger charge is 2.20. The van der Waals surface area contributed by atoms with Gasteiger partial charge in [-0.3, -0.25) is 9.20 Å². The molecule has 21 heavy (non-hydrogen) atoms. The first-order valence-corrected chi connectivity index (χ1v) is 6.82. The summed E-state index contributed by atoms with van der Waals surface area (Å²) in [5.74, 6) is -1.09. The van der Waals surface area contributed by atoms with Crippen molar-refractivity contribution in [3.8, 4) is 0 Å². The number of imidazole rings is 1. The van der Waals surface area contributed by atoms with Crippen LogP contribution in [0.25, 0.3) is 5.65 Å². The average molecular weight is 302 g/mol. The maximum Gasteiger partial charge on any atom is 0.355 e. The van der Waals surface area contributed by atoms with E-state index in [0.29, 0.717) is 16.5 Å². The van der Waals surface area contributed by atoms with E-state index in [-0.39, 0.29) is 16.3 Å². The molecule has 8 heteroatoms. The third-order valence-corrected chi connectivity index (χ3v) is 3.61. The molecule has 0 aromatic carbocycles. The Morgan fingerprint density at radius 1 is 1.38 bits per heavy atom. The zero-order valence-electron chi connectivity index (χ0n) is 10.9. The summed E-state index contributed by atoms with van der Waals surface area (Å²) in [7, 11) is 0. The SMILES string of the molecule is Cc1cc(=O)[nH]c(Sc2nc3ccccn3c2C(=O)O)n1. The zero-order valence-corrected chi connectivity index (χ0v) is 11.7. The van der Waals surface area contributed by atoms with Crippen LogP contribution in [0, 0.1) is 6.92 Å². The van der Waals surface area contributed by atoms with E-state index in [4.69, 9.17) is 0 Å². The minimum absolute atomic E-state index is 0.0414. The molecule has 0 aliphatic rings. The quantitative estimate of drug-likeness (QED) is 0.712. The van der Waals surface area contributed by atoms with Gasteiger partial charge in [-0.2, -0.15) is 0 Å². The Labute approximate surface area is 122 Å². The highest BCUT2D eigenvalue weighted by molar-refractivity contribution is 7.99. The lowest BCUT2D eigenvalue weighted by molar-refractivity contribution is 0.0685. The summed E-state index contributed by atoms with van der Waals surface area (Å²) in [6.45, 7) is 1.70. The van der Waals surface area contributed by atoms with E-state index < -0.39 is 5.97 Å². The number of aromatic amines is 1. The van der Waals surface area contributed by atoms with Gasteiger partial charge in [0.05, 0.1) is 0 Å². The van der Waals surface area contributed by atoms with Crippen LogP contribution in [0.15, 0.2) is 45.4 Å². The number of aromatic nitrogens is 4. The first kappa shape index (κ1) is 13.4. The van der Waals surface area contributed by atoms with Crippen molar-refractivity contribution in [2.45, 2.75) is 17.1 Å². The second kappa shape index (κ2) is 5.06. The number of aryl methyl sites for hydroxylation is 1. The molecule has 0 atom stereocenters. The van der Waals surface area contributed by atoms with Gasteiger partial charge < -0.3 is 10.1 Å². The predicted molar refractivity (Wildman–Crippen MR) is 75.9 cm³/mol. The van der Waals surface area contributed by atoms with Gasteiger partial charge in [0.15, 0.2) is 10.9 Å². The molecular formula is C13H10N4O3S. The molecule has 0 bridgehead atoms. The minimum Gasteiger partial charge on any atom is -0.476 e. The summed E-state index contributed by atoms with van der Waals surface area (Å²) in [6, 6.07) is 6.58. The fourth-order valence-electron chi connectivity index (χ4n) is 1.93. The molecule has 0 saturated carbocycles. The summed E-state index contributed by atoms with van der Waals surface area (Å²) >= 11 is 1.02. The number of carbonyl (C=O) groups is 1. The lowest BCUT2D eigenvalue weighted by atomic mass is 10.4. The van der Waals surface area contributed by atoms with Crippen LogP contribution >= 0.6 is 11.8 Å². The molecule has 0 aliphatic heterocycles. The van der Waals surface area contributed by atoms with Crippen molar-refractivity contribution in [1.82, 2.24) is 19.4 Å². The van der Waals surface area contributed by atoms with Crippen molar-refractivity contribution in [2.24, 2.45) is 0 Å². The Bertz CT molecular complexity index is 900. The van der Waals surface area contributed by atoms with E-state index in [9.17, 15) is 14.7 Å². The normalized spacial score (nSPS) is 10.9. The number of hydrogen-bond donors (Lipinski definition) is 2. The largest absolute Gasteiger partial charge is 0.476 e. The number of carboxylic acids is 1. The molecule has 0 fully saturated rings. The van der Waals surface area contributed by atoms with Crippen molar-refractivity contribution in [3.63, 3.8) is 0 Å². The number of nitrogens with zero attached hydrogens (tertiary/aromatic N) is 3. The van der Waals surface area contributed by atoms with Gasteiger partial charge in [0.2, 0.25) is 0 Å². The molecule has 0 aliphatic carbocycles. The van der Waals surface area contributed by atoms with Crippen LogP contribution in [0.3, 0.4) is 0 Å².